The van der Waals surface area contributed by atoms with Crippen LogP contribution in [-0.2, 0) is 26.3 Å². The molecule has 0 atom stereocenters. The van der Waals surface area contributed by atoms with E-state index in [2.05, 4.69) is 9.72 Å². The molecular weight excluding hydrogens is 408 g/mol. The lowest BCUT2D eigenvalue weighted by molar-refractivity contribution is -0.140. The van der Waals surface area contributed by atoms with E-state index in [-0.39, 0.29) is 41.4 Å². The molecule has 0 spiro atoms. The second-order valence-electron chi connectivity index (χ2n) is 8.48. The molecule has 1 saturated carbocycles. The third kappa shape index (κ3) is 3.41. The number of hydrogen-bond donors (Lipinski definition) is 0. The van der Waals surface area contributed by atoms with Crippen LogP contribution in [0.1, 0.15) is 56.6 Å². The minimum atomic E-state index is -1.34. The zero-order valence-corrected chi connectivity index (χ0v) is 17.6. The molecule has 2 heterocycles. The maximum atomic E-state index is 15.4. The van der Waals surface area contributed by atoms with Crippen molar-refractivity contribution in [2.24, 2.45) is 0 Å². The number of ether oxygens (including phenoxy) is 1. The third-order valence-corrected chi connectivity index (χ3v) is 5.95. The van der Waals surface area contributed by atoms with E-state index in [1.54, 1.807) is 0 Å². The molecule has 1 aromatic carbocycles. The number of nitrogens with zero attached hydrogens (tertiary/aromatic N) is 3. The summed E-state index contributed by atoms with van der Waals surface area (Å²) in [5, 5.41) is 0. The molecule has 1 amide bonds. The zero-order chi connectivity index (χ0) is 22.5. The van der Waals surface area contributed by atoms with E-state index in [9.17, 15) is 14.4 Å². The second kappa shape index (κ2) is 7.55. The van der Waals surface area contributed by atoms with Crippen LogP contribution in [0.15, 0.2) is 23.4 Å². The highest BCUT2D eigenvalue weighted by molar-refractivity contribution is 6.12. The van der Waals surface area contributed by atoms with Crippen LogP contribution in [0.3, 0.4) is 0 Å². The third-order valence-electron chi connectivity index (χ3n) is 5.95. The highest BCUT2D eigenvalue weighted by atomic mass is 19.1. The summed E-state index contributed by atoms with van der Waals surface area (Å²) in [5.74, 6) is -2.36. The number of fused-ring (bicyclic) bond motifs is 1. The summed E-state index contributed by atoms with van der Waals surface area (Å²) in [6.45, 7) is 3.21. The molecule has 1 aliphatic carbocycles. The van der Waals surface area contributed by atoms with E-state index in [0.29, 0.717) is 6.42 Å². The number of methoxy groups -OCH3 is 1. The van der Waals surface area contributed by atoms with Crippen molar-refractivity contribution < 1.29 is 23.1 Å². The van der Waals surface area contributed by atoms with Crippen LogP contribution in [-0.4, -0.2) is 28.5 Å². The summed E-state index contributed by atoms with van der Waals surface area (Å²) < 4.78 is 36.4. The molecule has 2 aliphatic rings. The summed E-state index contributed by atoms with van der Waals surface area (Å²) >= 11 is 0. The molecule has 0 saturated heterocycles. The van der Waals surface area contributed by atoms with Crippen molar-refractivity contribution in [3.63, 3.8) is 0 Å². The molecule has 2 aromatic rings. The van der Waals surface area contributed by atoms with Crippen molar-refractivity contribution in [2.75, 3.05) is 12.0 Å². The molecule has 0 unspecified atom stereocenters. The van der Waals surface area contributed by atoms with E-state index in [1.165, 1.54) is 38.0 Å². The fourth-order valence-corrected chi connectivity index (χ4v) is 4.08. The first-order valence-corrected chi connectivity index (χ1v) is 10.2. The average molecular weight is 431 g/mol. The topological polar surface area (TPSA) is 81.5 Å². The number of halogens is 2. The lowest BCUT2D eigenvalue weighted by atomic mass is 9.84. The first kappa shape index (κ1) is 21.1. The fourth-order valence-electron chi connectivity index (χ4n) is 4.08. The van der Waals surface area contributed by atoms with Gasteiger partial charge in [-0.25, -0.2) is 13.8 Å². The summed E-state index contributed by atoms with van der Waals surface area (Å²) in [6.07, 6.45) is 4.45. The number of hydrogen-bond acceptors (Lipinski definition) is 5. The second-order valence-corrected chi connectivity index (χ2v) is 8.48. The molecule has 31 heavy (non-hydrogen) atoms. The molecule has 0 bridgehead atoms. The Morgan fingerprint density at radius 1 is 1.29 bits per heavy atom. The van der Waals surface area contributed by atoms with Crippen LogP contribution in [0.2, 0.25) is 0 Å². The van der Waals surface area contributed by atoms with Gasteiger partial charge in [-0.2, -0.15) is 0 Å². The Balaban J connectivity index is 1.78. The van der Waals surface area contributed by atoms with Crippen LogP contribution in [0.4, 0.5) is 20.2 Å². The van der Waals surface area contributed by atoms with Crippen molar-refractivity contribution >= 4 is 23.3 Å². The van der Waals surface area contributed by atoms with E-state index < -0.39 is 34.5 Å². The molecule has 164 valence electrons. The summed E-state index contributed by atoms with van der Waals surface area (Å²) in [5.41, 5.74) is -2.06. The Bertz CT molecular complexity index is 1140. The van der Waals surface area contributed by atoms with Gasteiger partial charge in [0.25, 0.3) is 5.56 Å². The monoisotopic (exact) mass is 431 g/mol. The van der Waals surface area contributed by atoms with Crippen LogP contribution in [0.25, 0.3) is 0 Å². The highest BCUT2D eigenvalue weighted by Gasteiger charge is 2.50. The number of rotatable bonds is 6. The number of carbonyl (C=O) groups is 2. The molecule has 9 heteroatoms. The molecule has 1 aliphatic heterocycles. The number of carbonyl (C=O) groups excluding carboxylic acids is 2. The molecule has 1 fully saturated rings. The van der Waals surface area contributed by atoms with E-state index in [1.807, 2.05) is 0 Å². The van der Waals surface area contributed by atoms with Gasteiger partial charge in [-0.3, -0.25) is 23.9 Å². The Kier molecular flexibility index (Phi) is 5.15. The van der Waals surface area contributed by atoms with Gasteiger partial charge in [-0.15, -0.1) is 0 Å². The van der Waals surface area contributed by atoms with Gasteiger partial charge in [-0.05, 0) is 50.7 Å². The number of esters is 1. The van der Waals surface area contributed by atoms with Gasteiger partial charge in [0, 0.05) is 18.5 Å². The van der Waals surface area contributed by atoms with Crippen molar-refractivity contribution in [3.8, 4) is 0 Å². The molecule has 7 nitrogen and oxygen atoms in total. The number of aryl methyl sites for hydroxylation is 1. The predicted octanol–water partition coefficient (Wildman–Crippen LogP) is 3.31. The average Bonchev–Trinajstić information content (AvgIpc) is 3.54. The minimum absolute atomic E-state index is 0.0279. The van der Waals surface area contributed by atoms with Gasteiger partial charge in [0.05, 0.1) is 30.7 Å². The van der Waals surface area contributed by atoms with Crippen molar-refractivity contribution in [2.45, 2.75) is 57.4 Å². The van der Waals surface area contributed by atoms with Crippen LogP contribution < -0.4 is 10.5 Å². The van der Waals surface area contributed by atoms with E-state index >= 15 is 8.78 Å². The smallest absolute Gasteiger partial charge is 0.305 e. The number of aromatic nitrogens is 2. The Labute approximate surface area is 177 Å². The molecule has 0 N–H and O–H groups in total. The van der Waals surface area contributed by atoms with Gasteiger partial charge in [0.15, 0.2) is 0 Å². The Hall–Kier alpha value is -3.10. The molecule has 1 aromatic heterocycles. The number of amides is 1. The highest BCUT2D eigenvalue weighted by Crippen LogP contribution is 2.51. The van der Waals surface area contributed by atoms with Gasteiger partial charge in [0.1, 0.15) is 17.3 Å². The lowest BCUT2D eigenvalue weighted by Gasteiger charge is -2.20. The maximum Gasteiger partial charge on any atom is 0.305 e. The minimum Gasteiger partial charge on any atom is -0.469 e. The molecule has 4 rings (SSSR count). The van der Waals surface area contributed by atoms with Crippen molar-refractivity contribution in [3.05, 3.63) is 51.7 Å². The first-order valence-electron chi connectivity index (χ1n) is 10.2. The van der Waals surface area contributed by atoms with Gasteiger partial charge in [-0.1, -0.05) is 0 Å². The van der Waals surface area contributed by atoms with E-state index in [0.717, 1.165) is 23.8 Å². The number of benzene rings is 1. The molecular formula is C22H23F2N3O4. The zero-order valence-electron chi connectivity index (χ0n) is 17.6. The number of anilines is 2. The largest absolute Gasteiger partial charge is 0.469 e. The normalized spacial score (nSPS) is 17.1. The van der Waals surface area contributed by atoms with Crippen molar-refractivity contribution in [1.29, 1.82) is 0 Å². The fraction of sp³-hybridized carbons (Fsp3) is 0.455. The first-order chi connectivity index (χ1) is 14.7. The van der Waals surface area contributed by atoms with Gasteiger partial charge >= 0.3 is 5.97 Å². The van der Waals surface area contributed by atoms with Gasteiger partial charge in [0.2, 0.25) is 5.91 Å². The summed E-state index contributed by atoms with van der Waals surface area (Å²) in [7, 11) is 1.27. The van der Waals surface area contributed by atoms with E-state index in [4.69, 9.17) is 0 Å². The van der Waals surface area contributed by atoms with Crippen molar-refractivity contribution in [1.82, 2.24) is 9.55 Å². The quantitative estimate of drug-likeness (QED) is 0.656. The van der Waals surface area contributed by atoms with Gasteiger partial charge < -0.3 is 4.74 Å². The van der Waals surface area contributed by atoms with Crippen LogP contribution >= 0.6 is 0 Å². The Morgan fingerprint density at radius 2 is 2.00 bits per heavy atom. The predicted molar refractivity (Wildman–Crippen MR) is 108 cm³/mol. The van der Waals surface area contributed by atoms with Crippen LogP contribution in [0, 0.1) is 11.6 Å². The lowest BCUT2D eigenvalue weighted by Crippen LogP contribution is -2.37. The summed E-state index contributed by atoms with van der Waals surface area (Å²) in [6, 6.07) is 1.14. The standard InChI is InChI=1S/C22H23F2N3O4/c1-22(2)17-18(24)13(12-6-7-12)9-14(23)19(17)27(21(22)30)15-10-25-11-26(20(15)29)8-4-5-16(28)31-3/h9-12H,4-8H2,1-3H3. The van der Waals surface area contributed by atoms with Crippen LogP contribution in [0.5, 0.6) is 0 Å². The SMILES string of the molecule is COC(=O)CCCn1cncc(N2C(=O)C(C)(C)c3c(F)c(C4CC4)cc(F)c32)c1=O. The summed E-state index contributed by atoms with van der Waals surface area (Å²) in [4.78, 5) is 42.5. The Morgan fingerprint density at radius 3 is 2.65 bits per heavy atom. The molecule has 0 radical (unpaired) electrons. The maximum absolute atomic E-state index is 15.4.